The zero-order valence-corrected chi connectivity index (χ0v) is 6.76. The summed E-state index contributed by atoms with van der Waals surface area (Å²) in [4.78, 5) is 0. The van der Waals surface area contributed by atoms with Crippen molar-refractivity contribution in [1.82, 2.24) is 0 Å². The molecule has 0 amide bonds. The van der Waals surface area contributed by atoms with Crippen LogP contribution in [0.2, 0.25) is 0 Å². The molecule has 0 bridgehead atoms. The van der Waals surface area contributed by atoms with Crippen LogP contribution in [-0.2, 0) is 0 Å². The molecule has 0 fully saturated rings. The number of rotatable bonds is 1. The molecule has 1 aromatic rings. The molecule has 10 heavy (non-hydrogen) atoms. The van der Waals surface area contributed by atoms with Gasteiger partial charge in [-0.3, -0.25) is 0 Å². The van der Waals surface area contributed by atoms with Crippen LogP contribution >= 0.6 is 0 Å². The van der Waals surface area contributed by atoms with Gasteiger partial charge in [-0.15, -0.1) is 0 Å². The van der Waals surface area contributed by atoms with Crippen molar-refractivity contribution in [2.45, 2.75) is 6.92 Å². The summed E-state index contributed by atoms with van der Waals surface area (Å²) in [5.41, 5.74) is 2.57. The number of nitrogens with zero attached hydrogens (tertiary/aromatic N) is 1. The summed E-state index contributed by atoms with van der Waals surface area (Å²) in [7, 11) is 4.09. The van der Waals surface area contributed by atoms with Gasteiger partial charge >= 0.3 is 0 Å². The molecule has 1 rings (SSSR count). The number of benzene rings is 1. The van der Waals surface area contributed by atoms with Crippen LogP contribution < -0.4 is 4.72 Å². The van der Waals surface area contributed by atoms with Gasteiger partial charge in [-0.1, -0.05) is 17.7 Å². The highest BCUT2D eigenvalue weighted by molar-refractivity contribution is 6.41. The third kappa shape index (κ3) is 1.56. The number of hydrogen-bond acceptors (Lipinski definition) is 1. The lowest BCUT2D eigenvalue weighted by atomic mass is 10.1. The number of aryl methyl sites for hydroxylation is 1. The van der Waals surface area contributed by atoms with Crippen LogP contribution in [0.25, 0.3) is 0 Å². The second-order valence-corrected chi connectivity index (χ2v) is 2.73. The molecule has 0 radical (unpaired) electrons. The quantitative estimate of drug-likeness (QED) is 0.480. The minimum atomic E-state index is 1.26. The molecule has 0 heterocycles. The van der Waals surface area contributed by atoms with E-state index in [4.69, 9.17) is 0 Å². The van der Waals surface area contributed by atoms with Gasteiger partial charge in [0.05, 0.1) is 0 Å². The van der Waals surface area contributed by atoms with E-state index in [1.54, 1.807) is 0 Å². The van der Waals surface area contributed by atoms with Gasteiger partial charge in [-0.25, -0.2) is 0 Å². The van der Waals surface area contributed by atoms with Crippen molar-refractivity contribution >= 4 is 21.6 Å². The molecule has 0 unspecified atom stereocenters. The Kier molecular flexibility index (Phi) is 2.05. The van der Waals surface area contributed by atoms with Gasteiger partial charge in [0.15, 0.2) is 0 Å². The van der Waals surface area contributed by atoms with Crippen LogP contribution in [0.5, 0.6) is 0 Å². The number of anilines is 1. The Morgan fingerprint density at radius 1 is 1.10 bits per heavy atom. The molecule has 1 nitrogen and oxygen atoms in total. The van der Waals surface area contributed by atoms with Gasteiger partial charge in [-0.2, -0.15) is 0 Å². The average molecular weight is 131 g/mol. The molecule has 0 aliphatic rings. The Hall–Kier alpha value is -0.850. The van der Waals surface area contributed by atoms with Gasteiger partial charge in [0.25, 0.3) is 0 Å². The van der Waals surface area contributed by atoms with Crippen molar-refractivity contribution in [3.05, 3.63) is 29.8 Å². The summed E-state index contributed by atoms with van der Waals surface area (Å²) >= 11 is 0. The van der Waals surface area contributed by atoms with E-state index in [-0.39, 0.29) is 0 Å². The van der Waals surface area contributed by atoms with Crippen molar-refractivity contribution in [3.8, 4) is 0 Å². The monoisotopic (exact) mass is 131 g/mol. The van der Waals surface area contributed by atoms with Crippen molar-refractivity contribution in [1.29, 1.82) is 0 Å². The summed E-state index contributed by atoms with van der Waals surface area (Å²) < 4.78 is 2.10. The predicted molar refractivity (Wildman–Crippen MR) is 50.7 cm³/mol. The second-order valence-electron chi connectivity index (χ2n) is 2.73. The second kappa shape index (κ2) is 2.82. The van der Waals surface area contributed by atoms with Crippen molar-refractivity contribution in [3.63, 3.8) is 0 Å². The molecule has 50 valence electrons. The molecule has 3 heteroatoms. The van der Waals surface area contributed by atoms with E-state index in [2.05, 4.69) is 35.9 Å². The molecule has 0 saturated carbocycles. The molecule has 0 N–H and O–H groups in total. The zero-order valence-electron chi connectivity index (χ0n) is 6.76. The van der Waals surface area contributed by atoms with E-state index in [0.717, 1.165) is 0 Å². The smallest absolute Gasteiger partial charge is 0.202 e. The van der Waals surface area contributed by atoms with Gasteiger partial charge in [0, 0.05) is 5.69 Å². The summed E-state index contributed by atoms with van der Waals surface area (Å²) in [5, 5.41) is 0. The third-order valence-corrected chi connectivity index (χ3v) is 1.55. The molecule has 0 spiro atoms. The van der Waals surface area contributed by atoms with E-state index in [1.165, 1.54) is 11.3 Å². The van der Waals surface area contributed by atoms with Crippen LogP contribution in [0.1, 0.15) is 5.56 Å². The first-order valence-electron chi connectivity index (χ1n) is 3.44. The fourth-order valence-electron chi connectivity index (χ4n) is 0.843. The maximum atomic E-state index is 2.12. The van der Waals surface area contributed by atoms with Gasteiger partial charge < -0.3 is 4.72 Å². The minimum absolute atomic E-state index is 1.26. The van der Waals surface area contributed by atoms with Crippen LogP contribution in [0.15, 0.2) is 24.3 Å². The Morgan fingerprint density at radius 2 is 1.60 bits per heavy atom. The molecule has 0 aliphatic carbocycles. The van der Waals surface area contributed by atoms with E-state index in [9.17, 15) is 0 Å². The van der Waals surface area contributed by atoms with E-state index < -0.39 is 0 Å². The summed E-state index contributed by atoms with van der Waals surface area (Å²) in [6, 6.07) is 8.48. The van der Waals surface area contributed by atoms with Crippen LogP contribution in [0.4, 0.5) is 5.69 Å². The summed E-state index contributed by atoms with van der Waals surface area (Å²) in [6.45, 7) is 2.10. The molecular formula is C7H11B2N. The molecule has 0 saturated heterocycles. The molecular weight excluding hydrogens is 120 g/mol. The van der Waals surface area contributed by atoms with Crippen molar-refractivity contribution in [2.24, 2.45) is 0 Å². The van der Waals surface area contributed by atoms with Crippen LogP contribution in [-0.4, -0.2) is 16.0 Å². The first-order valence-corrected chi connectivity index (χ1v) is 3.44. The Labute approximate surface area is 63.9 Å². The van der Waals surface area contributed by atoms with Gasteiger partial charge in [0.1, 0.15) is 0 Å². The lowest BCUT2D eigenvalue weighted by Crippen LogP contribution is -2.13. The molecule has 0 aromatic heterocycles. The van der Waals surface area contributed by atoms with Crippen molar-refractivity contribution < 1.29 is 0 Å². The standard InChI is InChI=1S/C7H11B2N/c1-6-2-4-7(5-3-6)10(8)9/h2-5H,8-9H2,1H3. The lowest BCUT2D eigenvalue weighted by molar-refractivity contribution is 1.45. The highest BCUT2D eigenvalue weighted by atomic mass is 14.9. The highest BCUT2D eigenvalue weighted by Gasteiger charge is 1.90. The lowest BCUT2D eigenvalue weighted by Gasteiger charge is -2.12. The Bertz CT molecular complexity index is 205. The van der Waals surface area contributed by atoms with Gasteiger partial charge in [-0.05, 0) is 19.1 Å². The topological polar surface area (TPSA) is 3.24 Å². The molecule has 0 aliphatic heterocycles. The maximum absolute atomic E-state index is 2.12. The molecule has 0 atom stereocenters. The van der Waals surface area contributed by atoms with E-state index >= 15 is 0 Å². The fraction of sp³-hybridized carbons (Fsp3) is 0.143. The first-order chi connectivity index (χ1) is 4.70. The van der Waals surface area contributed by atoms with Crippen LogP contribution in [0, 0.1) is 6.92 Å². The van der Waals surface area contributed by atoms with E-state index in [0.29, 0.717) is 0 Å². The van der Waals surface area contributed by atoms with E-state index in [1.807, 2.05) is 16.0 Å². The Balaban J connectivity index is 2.89. The predicted octanol–water partition coefficient (Wildman–Crippen LogP) is -0.102. The van der Waals surface area contributed by atoms with Gasteiger partial charge in [0.2, 0.25) is 16.0 Å². The van der Waals surface area contributed by atoms with Crippen LogP contribution in [0.3, 0.4) is 0 Å². The zero-order chi connectivity index (χ0) is 7.56. The highest BCUT2D eigenvalue weighted by Crippen LogP contribution is 2.09. The summed E-state index contributed by atoms with van der Waals surface area (Å²) in [6.07, 6.45) is 0. The average Bonchev–Trinajstić information content (AvgIpc) is 1.88. The maximum Gasteiger partial charge on any atom is 0.202 e. The minimum Gasteiger partial charge on any atom is -0.472 e. The third-order valence-electron chi connectivity index (χ3n) is 1.55. The largest absolute Gasteiger partial charge is 0.472 e. The first kappa shape index (κ1) is 7.26. The normalized spacial score (nSPS) is 9.30. The van der Waals surface area contributed by atoms with Crippen molar-refractivity contribution in [2.75, 3.05) is 4.72 Å². The number of hydrogen-bond donors (Lipinski definition) is 0. The molecule has 1 aromatic carbocycles. The summed E-state index contributed by atoms with van der Waals surface area (Å²) in [5.74, 6) is 0. The fourth-order valence-corrected chi connectivity index (χ4v) is 0.843. The SMILES string of the molecule is BN(B)c1ccc(C)cc1. The Morgan fingerprint density at radius 3 is 2.00 bits per heavy atom.